The summed E-state index contributed by atoms with van der Waals surface area (Å²) in [5.41, 5.74) is 3.82. The molecule has 0 saturated heterocycles. The van der Waals surface area contributed by atoms with Crippen LogP contribution in [0.3, 0.4) is 0 Å². The molecule has 0 bridgehead atoms. The average molecular weight is 612 g/mol. The van der Waals surface area contributed by atoms with Gasteiger partial charge in [-0.3, -0.25) is 0 Å². The number of carbonyl (C=O) groups is 1. The first kappa shape index (κ1) is 26.0. The summed E-state index contributed by atoms with van der Waals surface area (Å²) < 4.78 is 12.5. The summed E-state index contributed by atoms with van der Waals surface area (Å²) in [4.78, 5) is 17.9. The van der Waals surface area contributed by atoms with E-state index in [9.17, 15) is 9.90 Å². The fourth-order valence-electron chi connectivity index (χ4n) is 3.53. The van der Waals surface area contributed by atoms with E-state index in [1.165, 1.54) is 17.3 Å². The molecule has 0 radical (unpaired) electrons. The van der Waals surface area contributed by atoms with Gasteiger partial charge in [-0.1, -0.05) is 61.2 Å². The van der Waals surface area contributed by atoms with Crippen LogP contribution in [-0.2, 0) is 22.6 Å². The van der Waals surface area contributed by atoms with Crippen LogP contribution in [-0.4, -0.2) is 22.7 Å². The second-order valence-electron chi connectivity index (χ2n) is 7.94. The first-order valence-electron chi connectivity index (χ1n) is 11.6. The highest BCUT2D eigenvalue weighted by atomic mass is 127. The lowest BCUT2D eigenvalue weighted by Crippen LogP contribution is -2.12. The van der Waals surface area contributed by atoms with E-state index in [1.54, 1.807) is 6.92 Å². The predicted molar refractivity (Wildman–Crippen MR) is 155 cm³/mol. The zero-order valence-corrected chi connectivity index (χ0v) is 23.0. The van der Waals surface area contributed by atoms with Gasteiger partial charge in [0.1, 0.15) is 28.7 Å². The van der Waals surface area contributed by atoms with E-state index in [0.717, 1.165) is 21.1 Å². The first-order chi connectivity index (χ1) is 17.5. The fraction of sp³-hybridized carbons (Fsp3) is 0.172. The van der Waals surface area contributed by atoms with Crippen LogP contribution in [0.5, 0.6) is 5.75 Å². The molecule has 0 amide bonds. The van der Waals surface area contributed by atoms with E-state index in [-0.39, 0.29) is 17.9 Å². The molecule has 0 atom stereocenters. The molecule has 5 nitrogen and oxygen atoms in total. The van der Waals surface area contributed by atoms with E-state index in [2.05, 4.69) is 34.5 Å². The Kier molecular flexibility index (Phi) is 8.88. The number of rotatable bonds is 8. The molecule has 1 aliphatic heterocycles. The molecule has 0 saturated carbocycles. The number of thioether (sulfide) groups is 1. The number of para-hydroxylation sites is 1. The van der Waals surface area contributed by atoms with Crippen LogP contribution in [0.4, 0.5) is 5.69 Å². The van der Waals surface area contributed by atoms with Gasteiger partial charge in [-0.25, -0.2) is 9.79 Å². The van der Waals surface area contributed by atoms with E-state index in [0.29, 0.717) is 28.0 Å². The SMILES string of the molecule is CCOC(=O)C1=C(O)/C(=C/c2ccccc2OCc2ccc(I)cc2)SC1=Nc1ccc(CC)cc1. The lowest BCUT2D eigenvalue weighted by Gasteiger charge is -2.10. The molecule has 0 unspecified atom stereocenters. The summed E-state index contributed by atoms with van der Waals surface area (Å²) in [6.45, 7) is 4.44. The maximum Gasteiger partial charge on any atom is 0.344 e. The van der Waals surface area contributed by atoms with Crippen LogP contribution in [0.2, 0.25) is 0 Å². The number of halogens is 1. The van der Waals surface area contributed by atoms with Crippen molar-refractivity contribution < 1.29 is 19.4 Å². The van der Waals surface area contributed by atoms with Crippen LogP contribution in [0.25, 0.3) is 6.08 Å². The molecule has 184 valence electrons. The minimum atomic E-state index is -0.599. The van der Waals surface area contributed by atoms with Crippen LogP contribution in [0.15, 0.2) is 94.0 Å². The smallest absolute Gasteiger partial charge is 0.344 e. The summed E-state index contributed by atoms with van der Waals surface area (Å²) in [6.07, 6.45) is 2.74. The molecule has 3 aromatic carbocycles. The normalized spacial score (nSPS) is 15.5. The Morgan fingerprint density at radius 1 is 1.00 bits per heavy atom. The van der Waals surface area contributed by atoms with Crippen molar-refractivity contribution in [1.29, 1.82) is 0 Å². The number of carbonyl (C=O) groups excluding carboxylic acids is 1. The minimum Gasteiger partial charge on any atom is -0.506 e. The molecule has 0 aromatic heterocycles. The summed E-state index contributed by atoms with van der Waals surface area (Å²) in [5, 5.41) is 11.4. The number of aryl methyl sites for hydroxylation is 1. The monoisotopic (exact) mass is 611 g/mol. The highest BCUT2D eigenvalue weighted by Gasteiger charge is 2.33. The van der Waals surface area contributed by atoms with E-state index in [4.69, 9.17) is 9.47 Å². The molecule has 1 N–H and O–H groups in total. The molecule has 1 heterocycles. The van der Waals surface area contributed by atoms with Gasteiger partial charge in [0.05, 0.1) is 17.2 Å². The maximum atomic E-state index is 12.7. The van der Waals surface area contributed by atoms with Gasteiger partial charge in [-0.05, 0) is 83.5 Å². The van der Waals surface area contributed by atoms with Crippen molar-refractivity contribution in [2.45, 2.75) is 26.9 Å². The van der Waals surface area contributed by atoms with Crippen molar-refractivity contribution in [3.8, 4) is 5.75 Å². The number of esters is 1. The third kappa shape index (κ3) is 6.39. The second-order valence-corrected chi connectivity index (χ2v) is 10.2. The summed E-state index contributed by atoms with van der Waals surface area (Å²) in [6, 6.07) is 23.6. The molecule has 7 heteroatoms. The van der Waals surface area contributed by atoms with Gasteiger partial charge < -0.3 is 14.6 Å². The molecular weight excluding hydrogens is 585 g/mol. The fourth-order valence-corrected chi connectivity index (χ4v) is 4.92. The van der Waals surface area contributed by atoms with Crippen molar-refractivity contribution >= 4 is 57.1 Å². The number of aliphatic hydroxyl groups is 1. The number of benzene rings is 3. The summed E-state index contributed by atoms with van der Waals surface area (Å²) in [5.74, 6) is -0.0666. The van der Waals surface area contributed by atoms with Crippen molar-refractivity contribution in [2.24, 2.45) is 4.99 Å². The van der Waals surface area contributed by atoms with Gasteiger partial charge in [-0.15, -0.1) is 0 Å². The quantitative estimate of drug-likeness (QED) is 0.210. The molecule has 0 aliphatic carbocycles. The number of hydrogen-bond acceptors (Lipinski definition) is 6. The first-order valence-corrected chi connectivity index (χ1v) is 13.5. The van der Waals surface area contributed by atoms with Crippen LogP contribution < -0.4 is 4.74 Å². The molecule has 0 fully saturated rings. The standard InChI is InChI=1S/C29H26INO4S/c1-3-19-11-15-23(16-12-19)31-28-26(29(33)34-4-2)27(32)25(36-28)17-21-7-5-6-8-24(21)35-18-20-9-13-22(30)14-10-20/h5-17,32H,3-4,18H2,1-2H3/b25-17-,31-28?. The van der Waals surface area contributed by atoms with Crippen LogP contribution in [0.1, 0.15) is 30.5 Å². The molecule has 0 spiro atoms. The Labute approximate surface area is 229 Å². The van der Waals surface area contributed by atoms with E-state index >= 15 is 0 Å². The van der Waals surface area contributed by atoms with Crippen LogP contribution in [0, 0.1) is 3.57 Å². The van der Waals surface area contributed by atoms with Crippen molar-refractivity contribution in [1.82, 2.24) is 0 Å². The number of aliphatic hydroxyl groups excluding tert-OH is 1. The zero-order chi connectivity index (χ0) is 25.5. The predicted octanol–water partition coefficient (Wildman–Crippen LogP) is 7.63. The van der Waals surface area contributed by atoms with Crippen molar-refractivity contribution in [2.75, 3.05) is 6.61 Å². The van der Waals surface area contributed by atoms with Gasteiger partial charge in [0.15, 0.2) is 0 Å². The number of nitrogens with zero attached hydrogens (tertiary/aromatic N) is 1. The zero-order valence-electron chi connectivity index (χ0n) is 20.0. The Hall–Kier alpha value is -3.04. The summed E-state index contributed by atoms with van der Waals surface area (Å²) in [7, 11) is 0. The molecule has 1 aliphatic rings. The Morgan fingerprint density at radius 2 is 1.69 bits per heavy atom. The number of hydrogen-bond donors (Lipinski definition) is 1. The molecular formula is C29H26INO4S. The molecule has 4 rings (SSSR count). The van der Waals surface area contributed by atoms with Crippen molar-refractivity contribution in [3.63, 3.8) is 0 Å². The third-order valence-electron chi connectivity index (χ3n) is 5.46. The topological polar surface area (TPSA) is 68.1 Å². The second kappa shape index (κ2) is 12.3. The largest absolute Gasteiger partial charge is 0.506 e. The maximum absolute atomic E-state index is 12.7. The van der Waals surface area contributed by atoms with Crippen LogP contribution >= 0.6 is 34.4 Å². The lowest BCUT2D eigenvalue weighted by molar-refractivity contribution is -0.138. The van der Waals surface area contributed by atoms with Crippen molar-refractivity contribution in [3.05, 3.63) is 109 Å². The molecule has 3 aromatic rings. The highest BCUT2D eigenvalue weighted by molar-refractivity contribution is 14.1. The number of aliphatic imine (C=N–C) groups is 1. The lowest BCUT2D eigenvalue weighted by atomic mass is 10.1. The highest BCUT2D eigenvalue weighted by Crippen LogP contribution is 2.41. The molecule has 36 heavy (non-hydrogen) atoms. The average Bonchev–Trinajstić information content (AvgIpc) is 3.19. The van der Waals surface area contributed by atoms with E-state index in [1.807, 2.05) is 78.9 Å². The van der Waals surface area contributed by atoms with Gasteiger partial charge in [0, 0.05) is 9.13 Å². The van der Waals surface area contributed by atoms with E-state index < -0.39 is 5.97 Å². The Balaban J connectivity index is 1.65. The number of ether oxygens (including phenoxy) is 2. The summed E-state index contributed by atoms with van der Waals surface area (Å²) >= 11 is 3.51. The van der Waals surface area contributed by atoms with Gasteiger partial charge in [-0.2, -0.15) is 0 Å². The van der Waals surface area contributed by atoms with Gasteiger partial charge >= 0.3 is 5.97 Å². The Bertz CT molecular complexity index is 1330. The minimum absolute atomic E-state index is 0.0740. The van der Waals surface area contributed by atoms with Gasteiger partial charge in [0.25, 0.3) is 0 Å². The van der Waals surface area contributed by atoms with Gasteiger partial charge in [0.2, 0.25) is 0 Å². The third-order valence-corrected chi connectivity index (χ3v) is 7.20. The Morgan fingerprint density at radius 3 is 2.39 bits per heavy atom.